The quantitative estimate of drug-likeness (QED) is 0.498. The highest BCUT2D eigenvalue weighted by Gasteiger charge is 2.30. The number of piperidine rings is 1. The molecule has 1 aromatic carbocycles. The van der Waals surface area contributed by atoms with Crippen LogP contribution in [0.25, 0.3) is 17.0 Å². The van der Waals surface area contributed by atoms with Crippen LogP contribution in [0.2, 0.25) is 0 Å². The molecular weight excluding hydrogens is 430 g/mol. The number of hydrogen-bond acceptors (Lipinski definition) is 7. The van der Waals surface area contributed by atoms with E-state index in [1.165, 1.54) is 22.7 Å². The van der Waals surface area contributed by atoms with E-state index < -0.39 is 11.6 Å². The molecule has 1 N–H and O–H groups in total. The van der Waals surface area contributed by atoms with Gasteiger partial charge in [-0.2, -0.15) is 19.7 Å². The molecule has 2 aliphatic heterocycles. The second-order valence-electron chi connectivity index (χ2n) is 8.36. The van der Waals surface area contributed by atoms with Gasteiger partial charge in [0.25, 0.3) is 0 Å². The molecule has 4 aromatic rings. The minimum atomic E-state index is -0.725. The second kappa shape index (κ2) is 8.16. The van der Waals surface area contributed by atoms with Crippen molar-refractivity contribution in [3.8, 4) is 11.4 Å². The molecule has 0 aliphatic carbocycles. The number of nitrogens with one attached hydrogen (secondary N) is 1. The summed E-state index contributed by atoms with van der Waals surface area (Å²) in [4.78, 5) is 11.1. The summed E-state index contributed by atoms with van der Waals surface area (Å²) in [5.74, 6) is -1.21. The average Bonchev–Trinajstić information content (AvgIpc) is 3.43. The maximum Gasteiger partial charge on any atom is 0.232 e. The van der Waals surface area contributed by atoms with E-state index in [4.69, 9.17) is 4.74 Å². The topological polar surface area (TPSA) is 85.4 Å². The Morgan fingerprint density at radius 2 is 1.76 bits per heavy atom. The van der Waals surface area contributed by atoms with Gasteiger partial charge in [0.2, 0.25) is 5.95 Å². The molecule has 0 unspecified atom stereocenters. The Hall–Kier alpha value is -3.44. The van der Waals surface area contributed by atoms with Crippen LogP contribution in [0, 0.1) is 11.6 Å². The monoisotopic (exact) mass is 452 g/mol. The van der Waals surface area contributed by atoms with Crippen LogP contribution in [0.4, 0.5) is 20.4 Å². The Morgan fingerprint density at radius 1 is 0.970 bits per heavy atom. The van der Waals surface area contributed by atoms with Gasteiger partial charge >= 0.3 is 0 Å². The van der Waals surface area contributed by atoms with E-state index in [-0.39, 0.29) is 11.4 Å². The van der Waals surface area contributed by atoms with E-state index in [1.807, 2.05) is 10.9 Å². The molecule has 9 nitrogen and oxygen atoms in total. The smallest absolute Gasteiger partial charge is 0.232 e. The third-order valence-corrected chi connectivity index (χ3v) is 6.31. The van der Waals surface area contributed by atoms with Crippen LogP contribution in [0.1, 0.15) is 18.9 Å². The van der Waals surface area contributed by atoms with Gasteiger partial charge in [0, 0.05) is 25.4 Å². The normalized spacial score (nSPS) is 18.0. The molecular formula is C22H22F2N8O. The summed E-state index contributed by atoms with van der Waals surface area (Å²) >= 11 is 0. The molecule has 0 saturated carbocycles. The predicted octanol–water partition coefficient (Wildman–Crippen LogP) is 3.05. The van der Waals surface area contributed by atoms with Crippen LogP contribution in [0.5, 0.6) is 0 Å². The van der Waals surface area contributed by atoms with E-state index in [9.17, 15) is 8.78 Å². The first-order valence-corrected chi connectivity index (χ1v) is 10.9. The van der Waals surface area contributed by atoms with Gasteiger partial charge < -0.3 is 10.1 Å². The van der Waals surface area contributed by atoms with Crippen LogP contribution in [0.15, 0.2) is 42.9 Å². The molecule has 6 rings (SSSR count). The molecule has 0 spiro atoms. The number of ether oxygens (including phenoxy) is 1. The van der Waals surface area contributed by atoms with E-state index >= 15 is 0 Å². The molecule has 2 fully saturated rings. The van der Waals surface area contributed by atoms with Crippen molar-refractivity contribution in [2.75, 3.05) is 31.6 Å². The summed E-state index contributed by atoms with van der Waals surface area (Å²) in [6, 6.07) is 6.20. The van der Waals surface area contributed by atoms with Gasteiger partial charge in [-0.1, -0.05) is 6.07 Å². The minimum absolute atomic E-state index is 0.0548. The van der Waals surface area contributed by atoms with Crippen LogP contribution < -0.4 is 5.32 Å². The van der Waals surface area contributed by atoms with Gasteiger partial charge in [0.05, 0.1) is 48.9 Å². The average molecular weight is 452 g/mol. The van der Waals surface area contributed by atoms with Crippen molar-refractivity contribution in [3.63, 3.8) is 0 Å². The number of anilines is 2. The molecule has 0 bridgehead atoms. The van der Waals surface area contributed by atoms with Crippen molar-refractivity contribution in [2.24, 2.45) is 0 Å². The molecule has 0 radical (unpaired) electrons. The Balaban J connectivity index is 1.25. The fourth-order valence-electron chi connectivity index (χ4n) is 4.41. The van der Waals surface area contributed by atoms with Crippen LogP contribution >= 0.6 is 0 Å². The lowest BCUT2D eigenvalue weighted by Crippen LogP contribution is -2.51. The van der Waals surface area contributed by atoms with E-state index in [0.29, 0.717) is 29.4 Å². The third-order valence-electron chi connectivity index (χ3n) is 6.31. The first kappa shape index (κ1) is 20.2. The second-order valence-corrected chi connectivity index (χ2v) is 8.36. The number of fused-ring (bicyclic) bond motifs is 1. The van der Waals surface area contributed by atoms with Crippen molar-refractivity contribution in [1.29, 1.82) is 0 Å². The molecule has 170 valence electrons. The van der Waals surface area contributed by atoms with Crippen molar-refractivity contribution in [2.45, 2.75) is 24.9 Å². The maximum absolute atomic E-state index is 14.3. The summed E-state index contributed by atoms with van der Waals surface area (Å²) in [6.45, 7) is 3.72. The fraction of sp³-hybridized carbons (Fsp3) is 0.364. The molecule has 2 aliphatic rings. The van der Waals surface area contributed by atoms with Crippen molar-refractivity contribution >= 4 is 17.3 Å². The van der Waals surface area contributed by atoms with Gasteiger partial charge in [-0.25, -0.2) is 13.8 Å². The van der Waals surface area contributed by atoms with Gasteiger partial charge in [0.15, 0.2) is 11.5 Å². The number of hydrogen-bond donors (Lipinski definition) is 1. The number of rotatable bonds is 5. The number of aromatic nitrogens is 6. The first-order valence-electron chi connectivity index (χ1n) is 10.9. The zero-order valence-corrected chi connectivity index (χ0v) is 17.7. The van der Waals surface area contributed by atoms with E-state index in [2.05, 4.69) is 30.4 Å². The van der Waals surface area contributed by atoms with Gasteiger partial charge in [-0.15, -0.1) is 0 Å². The van der Waals surface area contributed by atoms with E-state index in [1.54, 1.807) is 18.5 Å². The lowest BCUT2D eigenvalue weighted by atomic mass is 10.0. The molecule has 3 aromatic heterocycles. The van der Waals surface area contributed by atoms with Gasteiger partial charge in [-0.05, 0) is 25.0 Å². The highest BCUT2D eigenvalue weighted by molar-refractivity contribution is 5.63. The largest absolute Gasteiger partial charge is 0.378 e. The van der Waals surface area contributed by atoms with Crippen LogP contribution in [-0.4, -0.2) is 66.6 Å². The standard InChI is InChI=1S/C22H22F2N8O/c23-17-2-1-3-18(24)20(17)21-28-19-4-7-25-32(19)22(29-21)27-14-10-26-31(11-14)15-5-8-30(9-6-15)16-12-33-13-16/h1-4,7,10-11,15-16H,5-6,8-9,12-13H2,(H,27,28,29). The highest BCUT2D eigenvalue weighted by Crippen LogP contribution is 2.28. The summed E-state index contributed by atoms with van der Waals surface area (Å²) in [5, 5.41) is 11.9. The fourth-order valence-corrected chi connectivity index (χ4v) is 4.41. The van der Waals surface area contributed by atoms with Crippen molar-refractivity contribution in [3.05, 3.63) is 54.5 Å². The lowest BCUT2D eigenvalue weighted by molar-refractivity contribution is -0.0734. The zero-order valence-electron chi connectivity index (χ0n) is 17.7. The Bertz CT molecular complexity index is 1270. The predicted molar refractivity (Wildman–Crippen MR) is 116 cm³/mol. The van der Waals surface area contributed by atoms with Crippen molar-refractivity contribution in [1.82, 2.24) is 34.3 Å². The van der Waals surface area contributed by atoms with Crippen LogP contribution in [-0.2, 0) is 4.74 Å². The minimum Gasteiger partial charge on any atom is -0.378 e. The van der Waals surface area contributed by atoms with Crippen molar-refractivity contribution < 1.29 is 13.5 Å². The summed E-state index contributed by atoms with van der Waals surface area (Å²) < 4.78 is 37.5. The van der Waals surface area contributed by atoms with Gasteiger partial charge in [0.1, 0.15) is 11.6 Å². The molecule has 33 heavy (non-hydrogen) atoms. The summed E-state index contributed by atoms with van der Waals surface area (Å²) in [5.41, 5.74) is 0.855. The molecule has 2 saturated heterocycles. The first-order chi connectivity index (χ1) is 16.2. The van der Waals surface area contributed by atoms with Crippen LogP contribution in [0.3, 0.4) is 0 Å². The number of likely N-dealkylation sites (tertiary alicyclic amines) is 1. The summed E-state index contributed by atoms with van der Waals surface area (Å²) in [6.07, 6.45) is 7.23. The number of nitrogens with zero attached hydrogens (tertiary/aromatic N) is 7. The Kier molecular flexibility index (Phi) is 4.99. The maximum atomic E-state index is 14.3. The third kappa shape index (κ3) is 3.72. The zero-order chi connectivity index (χ0) is 22.4. The molecule has 0 amide bonds. The summed E-state index contributed by atoms with van der Waals surface area (Å²) in [7, 11) is 0. The molecule has 0 atom stereocenters. The number of benzene rings is 1. The SMILES string of the molecule is Fc1cccc(F)c1-c1nc(Nc2cnn(C3CCN(C4COC4)CC3)c2)n2nccc2n1. The number of halogens is 2. The Labute approximate surface area is 188 Å². The van der Waals surface area contributed by atoms with E-state index in [0.717, 1.165) is 39.1 Å². The van der Waals surface area contributed by atoms with Gasteiger partial charge in [-0.3, -0.25) is 9.58 Å². The molecule has 5 heterocycles. The Morgan fingerprint density at radius 3 is 2.48 bits per heavy atom. The lowest BCUT2D eigenvalue weighted by Gasteiger charge is -2.41. The highest BCUT2D eigenvalue weighted by atomic mass is 19.1. The molecule has 11 heteroatoms.